The average molecular weight is 348 g/mol. The molecule has 0 spiro atoms. The lowest BCUT2D eigenvalue weighted by Crippen LogP contribution is -2.30. The smallest absolute Gasteiger partial charge is 0.275 e. The summed E-state index contributed by atoms with van der Waals surface area (Å²) in [7, 11) is 0. The number of amides is 1. The van der Waals surface area contributed by atoms with Gasteiger partial charge in [0, 0.05) is 16.5 Å². The van der Waals surface area contributed by atoms with Crippen LogP contribution in [0.15, 0.2) is 42.5 Å². The van der Waals surface area contributed by atoms with Gasteiger partial charge in [0.1, 0.15) is 12.1 Å². The number of benzene rings is 2. The van der Waals surface area contributed by atoms with Crippen LogP contribution in [0.5, 0.6) is 0 Å². The molecule has 3 aromatic rings. The zero-order valence-corrected chi connectivity index (χ0v) is 15.9. The van der Waals surface area contributed by atoms with Crippen LogP contribution in [-0.2, 0) is 0 Å². The Kier molecular flexibility index (Phi) is 5.21. The molecular formula is C22H26N3O+. The van der Waals surface area contributed by atoms with Crippen molar-refractivity contribution in [2.45, 2.75) is 27.7 Å². The Bertz CT molecular complexity index is 963. The van der Waals surface area contributed by atoms with E-state index in [2.05, 4.69) is 54.6 Å². The summed E-state index contributed by atoms with van der Waals surface area (Å²) in [6, 6.07) is 14.2. The molecule has 0 saturated carbocycles. The number of carbonyl (C=O) groups is 1. The summed E-state index contributed by atoms with van der Waals surface area (Å²) in [5.41, 5.74) is 6.56. The molecule has 0 fully saturated rings. The topological polar surface area (TPSA) is 55.3 Å². The third-order valence-electron chi connectivity index (χ3n) is 4.79. The molecule has 0 aliphatic heterocycles. The number of pyridine rings is 1. The Labute approximate surface area is 154 Å². The molecule has 2 aromatic carbocycles. The standard InChI is InChI=1S/C22H25N3O/c1-14-7-5-6-8-19(14)22(26)24-10-9-23-21-17(4)12-18-11-15(2)16(3)13-20(18)25-21/h5-8,11-13H,9-10H2,1-4H3,(H,23,25)(H,24,26)/p+1. The molecule has 0 aliphatic carbocycles. The van der Waals surface area contributed by atoms with E-state index < -0.39 is 0 Å². The van der Waals surface area contributed by atoms with E-state index in [0.29, 0.717) is 13.1 Å². The normalized spacial score (nSPS) is 10.8. The summed E-state index contributed by atoms with van der Waals surface area (Å²) >= 11 is 0. The Morgan fingerprint density at radius 1 is 0.885 bits per heavy atom. The number of fused-ring (bicyclic) bond motifs is 1. The van der Waals surface area contributed by atoms with Gasteiger partial charge in [-0.3, -0.25) is 10.1 Å². The van der Waals surface area contributed by atoms with E-state index in [1.165, 1.54) is 16.5 Å². The Morgan fingerprint density at radius 3 is 2.35 bits per heavy atom. The largest absolute Gasteiger partial charge is 0.348 e. The van der Waals surface area contributed by atoms with Crippen LogP contribution in [0.3, 0.4) is 0 Å². The molecule has 0 saturated heterocycles. The molecule has 0 bridgehead atoms. The van der Waals surface area contributed by atoms with Gasteiger partial charge in [0.15, 0.2) is 0 Å². The van der Waals surface area contributed by atoms with Crippen LogP contribution in [0.4, 0.5) is 5.82 Å². The first-order valence-corrected chi connectivity index (χ1v) is 8.97. The van der Waals surface area contributed by atoms with Crippen molar-refractivity contribution in [1.82, 2.24) is 5.32 Å². The van der Waals surface area contributed by atoms with E-state index in [9.17, 15) is 4.79 Å². The lowest BCUT2D eigenvalue weighted by Gasteiger charge is -2.08. The van der Waals surface area contributed by atoms with E-state index >= 15 is 0 Å². The molecule has 4 nitrogen and oxygen atoms in total. The number of hydrogen-bond acceptors (Lipinski definition) is 2. The lowest BCUT2D eigenvalue weighted by atomic mass is 10.1. The minimum atomic E-state index is -0.0322. The van der Waals surface area contributed by atoms with Crippen molar-refractivity contribution in [2.24, 2.45) is 0 Å². The number of carbonyl (C=O) groups excluding carboxylic acids is 1. The van der Waals surface area contributed by atoms with Gasteiger partial charge in [-0.05, 0) is 68.7 Å². The van der Waals surface area contributed by atoms with E-state index in [1.807, 2.05) is 31.2 Å². The molecule has 0 unspecified atom stereocenters. The molecule has 134 valence electrons. The Morgan fingerprint density at radius 2 is 1.58 bits per heavy atom. The van der Waals surface area contributed by atoms with Crippen LogP contribution in [0, 0.1) is 27.7 Å². The first-order valence-electron chi connectivity index (χ1n) is 8.97. The summed E-state index contributed by atoms with van der Waals surface area (Å²) in [4.78, 5) is 15.7. The van der Waals surface area contributed by atoms with Gasteiger partial charge in [0.05, 0.1) is 6.54 Å². The van der Waals surface area contributed by atoms with Crippen LogP contribution >= 0.6 is 0 Å². The maximum absolute atomic E-state index is 12.2. The number of nitrogens with one attached hydrogen (secondary N) is 3. The molecule has 3 N–H and O–H groups in total. The van der Waals surface area contributed by atoms with Crippen LogP contribution < -0.4 is 15.6 Å². The second-order valence-electron chi connectivity index (χ2n) is 6.85. The molecule has 0 atom stereocenters. The summed E-state index contributed by atoms with van der Waals surface area (Å²) in [6.45, 7) is 9.50. The van der Waals surface area contributed by atoms with Gasteiger partial charge < -0.3 is 5.32 Å². The van der Waals surface area contributed by atoms with Gasteiger partial charge in [0.2, 0.25) is 0 Å². The zero-order valence-electron chi connectivity index (χ0n) is 15.9. The number of aryl methyl sites for hydroxylation is 4. The van der Waals surface area contributed by atoms with Gasteiger partial charge in [-0.25, -0.2) is 4.98 Å². The summed E-state index contributed by atoms with van der Waals surface area (Å²) < 4.78 is 0. The van der Waals surface area contributed by atoms with E-state index in [1.54, 1.807) is 0 Å². The van der Waals surface area contributed by atoms with Gasteiger partial charge in [-0.1, -0.05) is 18.2 Å². The Balaban J connectivity index is 1.63. The highest BCUT2D eigenvalue weighted by Gasteiger charge is 2.11. The number of H-pyrrole nitrogens is 1. The SMILES string of the molecule is Cc1cc2cc(C)c(NCCNC(=O)c3ccccc3C)[nH+]c2cc1C. The highest BCUT2D eigenvalue weighted by Crippen LogP contribution is 2.19. The number of rotatable bonds is 5. The second kappa shape index (κ2) is 7.56. The van der Waals surface area contributed by atoms with Crippen molar-refractivity contribution < 1.29 is 9.78 Å². The van der Waals surface area contributed by atoms with Crippen LogP contribution in [-0.4, -0.2) is 19.0 Å². The molecule has 1 amide bonds. The molecule has 0 aliphatic rings. The maximum atomic E-state index is 12.2. The summed E-state index contributed by atoms with van der Waals surface area (Å²) in [6.07, 6.45) is 0. The van der Waals surface area contributed by atoms with Gasteiger partial charge >= 0.3 is 0 Å². The minimum absolute atomic E-state index is 0.0322. The zero-order chi connectivity index (χ0) is 18.7. The van der Waals surface area contributed by atoms with Crippen LogP contribution in [0.1, 0.15) is 32.6 Å². The van der Waals surface area contributed by atoms with E-state index in [4.69, 9.17) is 0 Å². The quantitative estimate of drug-likeness (QED) is 0.690. The van der Waals surface area contributed by atoms with Gasteiger partial charge in [-0.2, -0.15) is 0 Å². The van der Waals surface area contributed by atoms with Crippen molar-refractivity contribution in [1.29, 1.82) is 0 Å². The average Bonchev–Trinajstić information content (AvgIpc) is 2.61. The van der Waals surface area contributed by atoms with Crippen molar-refractivity contribution in [2.75, 3.05) is 18.4 Å². The first kappa shape index (κ1) is 17.9. The first-order chi connectivity index (χ1) is 12.5. The van der Waals surface area contributed by atoms with Crippen LogP contribution in [0.2, 0.25) is 0 Å². The van der Waals surface area contributed by atoms with Gasteiger partial charge in [0.25, 0.3) is 11.7 Å². The molecule has 0 radical (unpaired) electrons. The van der Waals surface area contributed by atoms with E-state index in [0.717, 1.165) is 28.0 Å². The van der Waals surface area contributed by atoms with E-state index in [-0.39, 0.29) is 5.91 Å². The second-order valence-corrected chi connectivity index (χ2v) is 6.85. The summed E-state index contributed by atoms with van der Waals surface area (Å²) in [5, 5.41) is 7.57. The monoisotopic (exact) mass is 348 g/mol. The maximum Gasteiger partial charge on any atom is 0.275 e. The highest BCUT2D eigenvalue weighted by molar-refractivity contribution is 5.95. The number of hydrogen-bond donors (Lipinski definition) is 2. The Hall–Kier alpha value is -2.88. The number of aromatic nitrogens is 1. The van der Waals surface area contributed by atoms with Crippen molar-refractivity contribution in [3.8, 4) is 0 Å². The predicted molar refractivity (Wildman–Crippen MR) is 107 cm³/mol. The molecule has 1 aromatic heterocycles. The van der Waals surface area contributed by atoms with Gasteiger partial charge in [-0.15, -0.1) is 0 Å². The molecular weight excluding hydrogens is 322 g/mol. The molecule has 4 heteroatoms. The number of aromatic amines is 1. The van der Waals surface area contributed by atoms with Crippen molar-refractivity contribution in [3.05, 3.63) is 70.3 Å². The fourth-order valence-electron chi connectivity index (χ4n) is 3.07. The van der Waals surface area contributed by atoms with Crippen LogP contribution in [0.25, 0.3) is 10.9 Å². The third kappa shape index (κ3) is 3.85. The highest BCUT2D eigenvalue weighted by atomic mass is 16.1. The number of anilines is 1. The molecule has 26 heavy (non-hydrogen) atoms. The fourth-order valence-corrected chi connectivity index (χ4v) is 3.07. The lowest BCUT2D eigenvalue weighted by molar-refractivity contribution is -0.327. The third-order valence-corrected chi connectivity index (χ3v) is 4.79. The van der Waals surface area contributed by atoms with Crippen molar-refractivity contribution in [3.63, 3.8) is 0 Å². The van der Waals surface area contributed by atoms with Crippen molar-refractivity contribution >= 4 is 22.6 Å². The minimum Gasteiger partial charge on any atom is -0.348 e. The predicted octanol–water partition coefficient (Wildman–Crippen LogP) is 3.73. The molecule has 1 heterocycles. The summed E-state index contributed by atoms with van der Waals surface area (Å²) in [5.74, 6) is 0.959. The molecule has 3 rings (SSSR count). The fraction of sp³-hybridized carbons (Fsp3) is 0.273.